The monoisotopic (exact) mass is 258 g/mol. The van der Waals surface area contributed by atoms with E-state index in [9.17, 15) is 9.59 Å². The highest BCUT2D eigenvalue weighted by atomic mass is 16.5. The highest BCUT2D eigenvalue weighted by Gasteiger charge is 2.18. The Morgan fingerprint density at radius 1 is 1.44 bits per heavy atom. The Hall–Kier alpha value is -1.14. The summed E-state index contributed by atoms with van der Waals surface area (Å²) in [6.45, 7) is 3.98. The van der Waals surface area contributed by atoms with E-state index in [4.69, 9.17) is 9.84 Å². The van der Waals surface area contributed by atoms with Crippen LogP contribution in [0.1, 0.15) is 32.6 Å². The Balaban J connectivity index is 2.14. The zero-order chi connectivity index (χ0) is 13.4. The first-order valence-corrected chi connectivity index (χ1v) is 6.48. The molecule has 0 bridgehead atoms. The quantitative estimate of drug-likeness (QED) is 0.604. The van der Waals surface area contributed by atoms with Gasteiger partial charge in [-0.15, -0.1) is 0 Å². The van der Waals surface area contributed by atoms with Crippen LogP contribution in [0, 0.1) is 0 Å². The van der Waals surface area contributed by atoms with Crippen LogP contribution in [0.25, 0.3) is 0 Å². The van der Waals surface area contributed by atoms with Crippen molar-refractivity contribution in [3.8, 4) is 0 Å². The third-order valence-electron chi connectivity index (χ3n) is 3.01. The van der Waals surface area contributed by atoms with Gasteiger partial charge in [0.25, 0.3) is 0 Å². The third-order valence-corrected chi connectivity index (χ3v) is 3.01. The minimum Gasteiger partial charge on any atom is -0.480 e. The molecule has 0 aromatic heterocycles. The fourth-order valence-corrected chi connectivity index (χ4v) is 1.89. The fraction of sp³-hybridized carbons (Fsp3) is 0.833. The number of hydrogen-bond acceptors (Lipinski definition) is 4. The van der Waals surface area contributed by atoms with E-state index in [1.165, 1.54) is 0 Å². The van der Waals surface area contributed by atoms with Crippen molar-refractivity contribution >= 4 is 11.9 Å². The number of aliphatic carboxylic acids is 1. The van der Waals surface area contributed by atoms with Gasteiger partial charge < -0.3 is 20.5 Å². The van der Waals surface area contributed by atoms with Crippen LogP contribution >= 0.6 is 0 Å². The molecule has 0 saturated carbocycles. The summed E-state index contributed by atoms with van der Waals surface area (Å²) < 4.78 is 5.58. The highest BCUT2D eigenvalue weighted by Crippen LogP contribution is 2.07. The minimum atomic E-state index is -0.995. The molecule has 0 aromatic rings. The first-order chi connectivity index (χ1) is 8.63. The molecule has 0 unspecified atom stereocenters. The predicted molar refractivity (Wildman–Crippen MR) is 66.3 cm³/mol. The van der Waals surface area contributed by atoms with Crippen LogP contribution in [0.2, 0.25) is 0 Å². The average Bonchev–Trinajstić information content (AvgIpc) is 2.37. The summed E-state index contributed by atoms with van der Waals surface area (Å²) in [5.41, 5.74) is 0. The number of carbonyl (C=O) groups excluding carboxylic acids is 1. The summed E-state index contributed by atoms with van der Waals surface area (Å²) in [6.07, 6.45) is 2.76. The topological polar surface area (TPSA) is 87.7 Å². The van der Waals surface area contributed by atoms with Crippen molar-refractivity contribution in [3.63, 3.8) is 0 Å². The molecule has 104 valence electrons. The van der Waals surface area contributed by atoms with E-state index in [-0.39, 0.29) is 18.4 Å². The van der Waals surface area contributed by atoms with Gasteiger partial charge in [-0.2, -0.15) is 0 Å². The molecule has 3 N–H and O–H groups in total. The number of piperidine rings is 1. The second-order valence-electron chi connectivity index (χ2n) is 4.44. The lowest BCUT2D eigenvalue weighted by Crippen LogP contribution is -2.40. The van der Waals surface area contributed by atoms with Gasteiger partial charge in [0, 0.05) is 6.42 Å². The zero-order valence-electron chi connectivity index (χ0n) is 10.8. The van der Waals surface area contributed by atoms with Gasteiger partial charge in [-0.05, 0) is 32.4 Å². The number of ether oxygens (including phenoxy) is 1. The van der Waals surface area contributed by atoms with Gasteiger partial charge in [0.05, 0.1) is 12.7 Å². The smallest absolute Gasteiger partial charge is 0.326 e. The normalized spacial score (nSPS) is 18.3. The molecule has 1 atom stereocenters. The van der Waals surface area contributed by atoms with Crippen molar-refractivity contribution in [3.05, 3.63) is 0 Å². The molecule has 0 aliphatic carbocycles. The number of rotatable bonds is 7. The van der Waals surface area contributed by atoms with Crippen molar-refractivity contribution in [2.75, 3.05) is 19.7 Å². The first-order valence-electron chi connectivity index (χ1n) is 6.48. The van der Waals surface area contributed by atoms with Crippen LogP contribution in [-0.2, 0) is 14.3 Å². The lowest BCUT2D eigenvalue weighted by molar-refractivity contribution is -0.142. The van der Waals surface area contributed by atoms with Crippen LogP contribution in [0.4, 0.5) is 0 Å². The van der Waals surface area contributed by atoms with Crippen LogP contribution in [0.3, 0.4) is 0 Å². The second-order valence-corrected chi connectivity index (χ2v) is 4.44. The molecule has 1 rings (SSSR count). The number of hydrogen-bond donors (Lipinski definition) is 3. The second kappa shape index (κ2) is 8.05. The standard InChI is InChI=1S/C12H22N2O4/c1-2-10(12(16)17)14-11(15)5-8-18-9-3-6-13-7-4-9/h9-10,13H,2-8H2,1H3,(H,14,15)(H,16,17)/t10-/m1/s1. The molecule has 0 aromatic carbocycles. The summed E-state index contributed by atoms with van der Waals surface area (Å²) in [7, 11) is 0. The van der Waals surface area contributed by atoms with Crippen molar-refractivity contribution in [1.82, 2.24) is 10.6 Å². The summed E-state index contributed by atoms with van der Waals surface area (Å²) in [5, 5.41) is 14.5. The van der Waals surface area contributed by atoms with Crippen molar-refractivity contribution in [1.29, 1.82) is 0 Å². The van der Waals surface area contributed by atoms with Gasteiger partial charge >= 0.3 is 5.97 Å². The van der Waals surface area contributed by atoms with E-state index < -0.39 is 12.0 Å². The minimum absolute atomic E-state index is 0.216. The highest BCUT2D eigenvalue weighted by molar-refractivity contribution is 5.83. The molecule has 1 amide bonds. The Bertz CT molecular complexity index is 277. The van der Waals surface area contributed by atoms with E-state index in [0.717, 1.165) is 25.9 Å². The lowest BCUT2D eigenvalue weighted by atomic mass is 10.1. The molecule has 0 radical (unpaired) electrons. The Labute approximate surface area is 107 Å². The number of nitrogens with one attached hydrogen (secondary N) is 2. The Morgan fingerprint density at radius 2 is 2.11 bits per heavy atom. The van der Waals surface area contributed by atoms with E-state index in [1.54, 1.807) is 6.92 Å². The molecular formula is C12H22N2O4. The van der Waals surface area contributed by atoms with Crippen LogP contribution in [0.15, 0.2) is 0 Å². The summed E-state index contributed by atoms with van der Waals surface area (Å²) in [4.78, 5) is 22.2. The number of carbonyl (C=O) groups is 2. The first kappa shape index (κ1) is 14.9. The van der Waals surface area contributed by atoms with Gasteiger partial charge in [-0.1, -0.05) is 6.92 Å². The lowest BCUT2D eigenvalue weighted by Gasteiger charge is -2.22. The predicted octanol–water partition coefficient (Wildman–Crippen LogP) is 0.125. The maximum Gasteiger partial charge on any atom is 0.326 e. The summed E-state index contributed by atoms with van der Waals surface area (Å²) in [5.74, 6) is -1.26. The van der Waals surface area contributed by atoms with Crippen LogP contribution < -0.4 is 10.6 Å². The third kappa shape index (κ3) is 5.46. The van der Waals surface area contributed by atoms with E-state index in [1.807, 2.05) is 0 Å². The van der Waals surface area contributed by atoms with E-state index in [2.05, 4.69) is 10.6 Å². The van der Waals surface area contributed by atoms with Gasteiger partial charge in [0.2, 0.25) is 5.91 Å². The SMILES string of the molecule is CC[C@@H](NC(=O)CCOC1CCNCC1)C(=O)O. The fourth-order valence-electron chi connectivity index (χ4n) is 1.89. The molecule has 0 spiro atoms. The maximum atomic E-state index is 11.5. The maximum absolute atomic E-state index is 11.5. The van der Waals surface area contributed by atoms with Crippen molar-refractivity contribution in [2.24, 2.45) is 0 Å². The molecule has 6 heteroatoms. The molecule has 6 nitrogen and oxygen atoms in total. The number of carboxylic acid groups (broad SMARTS) is 1. The number of amides is 1. The van der Waals surface area contributed by atoms with Gasteiger partial charge in [-0.3, -0.25) is 4.79 Å². The molecular weight excluding hydrogens is 236 g/mol. The summed E-state index contributed by atoms with van der Waals surface area (Å²) >= 11 is 0. The van der Waals surface area contributed by atoms with Gasteiger partial charge in [0.15, 0.2) is 0 Å². The van der Waals surface area contributed by atoms with Crippen molar-refractivity contribution < 1.29 is 19.4 Å². The molecule has 1 saturated heterocycles. The van der Waals surface area contributed by atoms with Crippen molar-refractivity contribution in [2.45, 2.75) is 44.8 Å². The van der Waals surface area contributed by atoms with Gasteiger partial charge in [0.1, 0.15) is 6.04 Å². The molecule has 1 fully saturated rings. The number of carboxylic acids is 1. The van der Waals surface area contributed by atoms with E-state index >= 15 is 0 Å². The molecule has 1 aliphatic rings. The average molecular weight is 258 g/mol. The Kier molecular flexibility index (Phi) is 6.67. The van der Waals surface area contributed by atoms with Crippen LogP contribution in [0.5, 0.6) is 0 Å². The van der Waals surface area contributed by atoms with Crippen LogP contribution in [-0.4, -0.2) is 48.8 Å². The van der Waals surface area contributed by atoms with E-state index in [0.29, 0.717) is 13.0 Å². The van der Waals surface area contributed by atoms with Gasteiger partial charge in [-0.25, -0.2) is 4.79 Å². The molecule has 18 heavy (non-hydrogen) atoms. The largest absolute Gasteiger partial charge is 0.480 e. The molecule has 1 aliphatic heterocycles. The summed E-state index contributed by atoms with van der Waals surface area (Å²) in [6, 6.07) is -0.795. The zero-order valence-corrected chi connectivity index (χ0v) is 10.8. The molecule has 1 heterocycles. The Morgan fingerprint density at radius 3 is 2.67 bits per heavy atom.